The van der Waals surface area contributed by atoms with Crippen molar-refractivity contribution < 1.29 is 4.74 Å². The third kappa shape index (κ3) is 1.26. The molecule has 0 atom stereocenters. The summed E-state index contributed by atoms with van der Waals surface area (Å²) < 4.78 is 7.25. The topological polar surface area (TPSA) is 27.1 Å². The Morgan fingerprint density at radius 2 is 2.31 bits per heavy atom. The average molecular weight is 176 g/mol. The molecule has 0 unspecified atom stereocenters. The van der Waals surface area contributed by atoms with Crippen molar-refractivity contribution in [2.75, 3.05) is 7.11 Å². The van der Waals surface area contributed by atoms with Gasteiger partial charge in [-0.3, -0.25) is 0 Å². The Balaban J connectivity index is 2.64. The van der Waals surface area contributed by atoms with E-state index in [0.717, 1.165) is 23.3 Å². The molecule has 13 heavy (non-hydrogen) atoms. The number of ether oxygens (including phenoxy) is 1. The van der Waals surface area contributed by atoms with Crippen molar-refractivity contribution in [2.45, 2.75) is 13.5 Å². The highest BCUT2D eigenvalue weighted by Gasteiger charge is 2.01. The Bertz CT molecular complexity index is 420. The van der Waals surface area contributed by atoms with Crippen LogP contribution in [-0.2, 0) is 6.54 Å². The first-order valence-corrected chi connectivity index (χ1v) is 4.34. The van der Waals surface area contributed by atoms with Crippen LogP contribution in [-0.4, -0.2) is 16.7 Å². The molecule has 2 rings (SSSR count). The molecule has 3 nitrogen and oxygen atoms in total. The molecule has 0 bridgehead atoms. The Morgan fingerprint density at radius 1 is 1.46 bits per heavy atom. The van der Waals surface area contributed by atoms with Crippen LogP contribution in [0.2, 0.25) is 0 Å². The third-order valence-corrected chi connectivity index (χ3v) is 2.17. The minimum absolute atomic E-state index is 0.878. The van der Waals surface area contributed by atoms with Gasteiger partial charge in [-0.2, -0.15) is 0 Å². The molecule has 0 aliphatic carbocycles. The number of benzene rings is 1. The van der Waals surface area contributed by atoms with E-state index >= 15 is 0 Å². The summed E-state index contributed by atoms with van der Waals surface area (Å²) in [4.78, 5) is 4.27. The number of rotatable bonds is 2. The zero-order valence-corrected chi connectivity index (χ0v) is 7.82. The summed E-state index contributed by atoms with van der Waals surface area (Å²) in [5.74, 6) is 0.878. The van der Waals surface area contributed by atoms with Gasteiger partial charge in [0.25, 0.3) is 0 Å². The van der Waals surface area contributed by atoms with Gasteiger partial charge in [0.15, 0.2) is 0 Å². The molecule has 1 aromatic heterocycles. The zero-order chi connectivity index (χ0) is 9.26. The second-order valence-corrected chi connectivity index (χ2v) is 2.89. The fourth-order valence-corrected chi connectivity index (χ4v) is 1.42. The molecule has 0 saturated heterocycles. The lowest BCUT2D eigenvalue weighted by Crippen LogP contribution is -1.91. The van der Waals surface area contributed by atoms with E-state index in [1.807, 2.05) is 24.5 Å². The highest BCUT2D eigenvalue weighted by molar-refractivity contribution is 5.76. The zero-order valence-electron chi connectivity index (χ0n) is 7.82. The van der Waals surface area contributed by atoms with Crippen molar-refractivity contribution in [3.8, 4) is 5.75 Å². The third-order valence-electron chi connectivity index (χ3n) is 2.17. The molecule has 0 fully saturated rings. The largest absolute Gasteiger partial charge is 0.497 e. The highest BCUT2D eigenvalue weighted by atomic mass is 16.5. The molecule has 68 valence electrons. The quantitative estimate of drug-likeness (QED) is 0.700. The normalized spacial score (nSPS) is 10.6. The van der Waals surface area contributed by atoms with Crippen LogP contribution in [0.5, 0.6) is 5.75 Å². The van der Waals surface area contributed by atoms with Crippen LogP contribution in [0, 0.1) is 0 Å². The number of nitrogens with zero attached hydrogens (tertiary/aromatic N) is 2. The van der Waals surface area contributed by atoms with Crippen LogP contribution in [0.3, 0.4) is 0 Å². The van der Waals surface area contributed by atoms with Gasteiger partial charge >= 0.3 is 0 Å². The van der Waals surface area contributed by atoms with E-state index < -0.39 is 0 Å². The van der Waals surface area contributed by atoms with Gasteiger partial charge in [0.05, 0.1) is 24.5 Å². The number of aromatic nitrogens is 2. The Kier molecular flexibility index (Phi) is 1.93. The molecule has 0 radical (unpaired) electrons. The average Bonchev–Trinajstić information content (AvgIpc) is 2.59. The standard InChI is InChI=1S/C10H12N2O/c1-3-12-7-11-9-5-4-8(13-2)6-10(9)12/h4-7H,3H2,1-2H3. The van der Waals surface area contributed by atoms with E-state index in [9.17, 15) is 0 Å². The lowest BCUT2D eigenvalue weighted by atomic mass is 10.3. The summed E-state index contributed by atoms with van der Waals surface area (Å²) in [6.45, 7) is 3.03. The van der Waals surface area contributed by atoms with Gasteiger partial charge in [-0.25, -0.2) is 4.98 Å². The molecule has 0 spiro atoms. The number of fused-ring (bicyclic) bond motifs is 1. The number of hydrogen-bond acceptors (Lipinski definition) is 2. The predicted molar refractivity (Wildman–Crippen MR) is 52.0 cm³/mol. The highest BCUT2D eigenvalue weighted by Crippen LogP contribution is 2.19. The number of aryl methyl sites for hydroxylation is 1. The van der Waals surface area contributed by atoms with Gasteiger partial charge in [-0.05, 0) is 19.1 Å². The monoisotopic (exact) mass is 176 g/mol. The molecular weight excluding hydrogens is 164 g/mol. The molecule has 0 aliphatic rings. The van der Waals surface area contributed by atoms with Gasteiger partial charge < -0.3 is 9.30 Å². The van der Waals surface area contributed by atoms with Crippen molar-refractivity contribution in [3.05, 3.63) is 24.5 Å². The Morgan fingerprint density at radius 3 is 3.00 bits per heavy atom. The maximum absolute atomic E-state index is 5.15. The van der Waals surface area contributed by atoms with Crippen LogP contribution in [0.15, 0.2) is 24.5 Å². The first-order chi connectivity index (χ1) is 6.35. The lowest BCUT2D eigenvalue weighted by molar-refractivity contribution is 0.415. The molecule has 0 saturated carbocycles. The van der Waals surface area contributed by atoms with Crippen LogP contribution in [0.4, 0.5) is 0 Å². The van der Waals surface area contributed by atoms with Gasteiger partial charge in [-0.15, -0.1) is 0 Å². The van der Waals surface area contributed by atoms with Crippen LogP contribution in [0.1, 0.15) is 6.92 Å². The van der Waals surface area contributed by atoms with Crippen molar-refractivity contribution in [2.24, 2.45) is 0 Å². The summed E-state index contributed by atoms with van der Waals surface area (Å²) in [6, 6.07) is 5.90. The van der Waals surface area contributed by atoms with E-state index in [2.05, 4.69) is 16.5 Å². The van der Waals surface area contributed by atoms with Gasteiger partial charge in [-0.1, -0.05) is 0 Å². The second kappa shape index (κ2) is 3.09. The van der Waals surface area contributed by atoms with Crippen LogP contribution in [0.25, 0.3) is 11.0 Å². The van der Waals surface area contributed by atoms with Gasteiger partial charge in [0.1, 0.15) is 5.75 Å². The molecule has 1 aromatic carbocycles. The summed E-state index contributed by atoms with van der Waals surface area (Å²) >= 11 is 0. The number of hydrogen-bond donors (Lipinski definition) is 0. The van der Waals surface area contributed by atoms with Gasteiger partial charge in [0, 0.05) is 12.6 Å². The SMILES string of the molecule is CCn1cnc2ccc(OC)cc21. The molecule has 0 amide bonds. The van der Waals surface area contributed by atoms with Crippen LogP contribution < -0.4 is 4.74 Å². The van der Waals surface area contributed by atoms with E-state index in [1.165, 1.54) is 0 Å². The van der Waals surface area contributed by atoms with E-state index in [0.29, 0.717) is 0 Å². The molecule has 0 N–H and O–H groups in total. The second-order valence-electron chi connectivity index (χ2n) is 2.89. The van der Waals surface area contributed by atoms with Crippen molar-refractivity contribution >= 4 is 11.0 Å². The fraction of sp³-hybridized carbons (Fsp3) is 0.300. The van der Waals surface area contributed by atoms with Crippen molar-refractivity contribution in [1.82, 2.24) is 9.55 Å². The molecular formula is C10H12N2O. The van der Waals surface area contributed by atoms with E-state index in [4.69, 9.17) is 4.74 Å². The lowest BCUT2D eigenvalue weighted by Gasteiger charge is -2.01. The van der Waals surface area contributed by atoms with E-state index in [-0.39, 0.29) is 0 Å². The summed E-state index contributed by atoms with van der Waals surface area (Å²) in [5, 5.41) is 0. The summed E-state index contributed by atoms with van der Waals surface area (Å²) in [7, 11) is 1.67. The molecule has 0 aliphatic heterocycles. The first-order valence-electron chi connectivity index (χ1n) is 4.34. The maximum atomic E-state index is 5.15. The summed E-state index contributed by atoms with van der Waals surface area (Å²) in [6.07, 6.45) is 1.85. The molecule has 1 heterocycles. The summed E-state index contributed by atoms with van der Waals surface area (Å²) in [5.41, 5.74) is 2.14. The minimum Gasteiger partial charge on any atom is -0.497 e. The smallest absolute Gasteiger partial charge is 0.121 e. The first kappa shape index (κ1) is 8.10. The van der Waals surface area contributed by atoms with E-state index in [1.54, 1.807) is 7.11 Å². The predicted octanol–water partition coefficient (Wildman–Crippen LogP) is 2.06. The van der Waals surface area contributed by atoms with Crippen molar-refractivity contribution in [1.29, 1.82) is 0 Å². The Labute approximate surface area is 77.0 Å². The fourth-order valence-electron chi connectivity index (χ4n) is 1.42. The van der Waals surface area contributed by atoms with Crippen molar-refractivity contribution in [3.63, 3.8) is 0 Å². The Hall–Kier alpha value is -1.51. The van der Waals surface area contributed by atoms with Gasteiger partial charge in [0.2, 0.25) is 0 Å². The van der Waals surface area contributed by atoms with Crippen LogP contribution >= 0.6 is 0 Å². The number of methoxy groups -OCH3 is 1. The minimum atomic E-state index is 0.878. The molecule has 3 heteroatoms. The molecule has 2 aromatic rings. The maximum Gasteiger partial charge on any atom is 0.121 e. The number of imidazole rings is 1.